The van der Waals surface area contributed by atoms with Gasteiger partial charge in [-0.2, -0.15) is 4.31 Å². The number of nitrogens with zero attached hydrogens (tertiary/aromatic N) is 1. The number of rotatable bonds is 7. The lowest BCUT2D eigenvalue weighted by Crippen LogP contribution is -2.39. The van der Waals surface area contributed by atoms with Gasteiger partial charge in [-0.25, -0.2) is 8.42 Å². The summed E-state index contributed by atoms with van der Waals surface area (Å²) in [6, 6.07) is 0. The lowest BCUT2D eigenvalue weighted by molar-refractivity contribution is -0.137. The summed E-state index contributed by atoms with van der Waals surface area (Å²) < 4.78 is 23.8. The third-order valence-corrected chi connectivity index (χ3v) is 4.10. The minimum absolute atomic E-state index is 0.152. The number of aliphatic carboxylic acids is 1. The van der Waals surface area contributed by atoms with Crippen molar-refractivity contribution in [2.24, 2.45) is 11.8 Å². The highest BCUT2D eigenvalue weighted by Crippen LogP contribution is 2.17. The second kappa shape index (κ2) is 6.20. The first kappa shape index (κ1) is 15.4. The lowest BCUT2D eigenvalue weighted by Gasteiger charge is -2.25. The van der Waals surface area contributed by atoms with Crippen LogP contribution >= 0.6 is 0 Å². The zero-order valence-electron chi connectivity index (χ0n) is 10.3. The highest BCUT2D eigenvalue weighted by atomic mass is 32.2. The number of carboxylic acid groups (broad SMARTS) is 1. The Balaban J connectivity index is 4.62. The summed E-state index contributed by atoms with van der Waals surface area (Å²) in [4.78, 5) is 10.6. The van der Waals surface area contributed by atoms with Crippen LogP contribution in [0.2, 0.25) is 0 Å². The Bertz CT molecular complexity index is 326. The van der Waals surface area contributed by atoms with Crippen molar-refractivity contribution in [1.29, 1.82) is 0 Å². The van der Waals surface area contributed by atoms with Gasteiger partial charge in [-0.3, -0.25) is 4.79 Å². The quantitative estimate of drug-likeness (QED) is 0.733. The molecule has 1 N–H and O–H groups in total. The van der Waals surface area contributed by atoms with E-state index in [4.69, 9.17) is 5.11 Å². The largest absolute Gasteiger partial charge is 0.480 e. The maximum absolute atomic E-state index is 11.4. The molecule has 0 aliphatic carbocycles. The molecule has 0 aliphatic heterocycles. The van der Waals surface area contributed by atoms with Crippen molar-refractivity contribution in [3.63, 3.8) is 0 Å². The van der Waals surface area contributed by atoms with Gasteiger partial charge in [-0.05, 0) is 11.8 Å². The van der Waals surface area contributed by atoms with Crippen LogP contribution in [0.5, 0.6) is 0 Å². The van der Waals surface area contributed by atoms with E-state index in [9.17, 15) is 13.2 Å². The van der Waals surface area contributed by atoms with Crippen molar-refractivity contribution < 1.29 is 18.3 Å². The minimum atomic E-state index is -3.44. The van der Waals surface area contributed by atoms with E-state index < -0.39 is 22.5 Å². The molecule has 0 aliphatic rings. The number of carbonyl (C=O) groups is 1. The van der Waals surface area contributed by atoms with Crippen molar-refractivity contribution in [2.45, 2.75) is 27.2 Å². The van der Waals surface area contributed by atoms with E-state index in [1.807, 2.05) is 20.8 Å². The summed E-state index contributed by atoms with van der Waals surface area (Å²) in [5.41, 5.74) is 0. The Hall–Kier alpha value is -0.620. The molecule has 2 atom stereocenters. The van der Waals surface area contributed by atoms with E-state index in [0.717, 1.165) is 17.0 Å². The average molecular weight is 251 g/mol. The Morgan fingerprint density at radius 2 is 1.81 bits per heavy atom. The van der Waals surface area contributed by atoms with Crippen molar-refractivity contribution in [1.82, 2.24) is 4.31 Å². The van der Waals surface area contributed by atoms with Crippen LogP contribution in [0.25, 0.3) is 0 Å². The molecule has 0 amide bonds. The molecule has 6 heteroatoms. The molecule has 5 nitrogen and oxygen atoms in total. The van der Waals surface area contributed by atoms with E-state index in [1.54, 1.807) is 0 Å². The van der Waals surface area contributed by atoms with Gasteiger partial charge >= 0.3 is 5.97 Å². The van der Waals surface area contributed by atoms with E-state index in [0.29, 0.717) is 5.92 Å². The van der Waals surface area contributed by atoms with Gasteiger partial charge < -0.3 is 5.11 Å². The molecular weight excluding hydrogens is 230 g/mol. The van der Waals surface area contributed by atoms with Crippen molar-refractivity contribution >= 4 is 16.0 Å². The molecule has 0 spiro atoms. The fraction of sp³-hybridized carbons (Fsp3) is 0.900. The van der Waals surface area contributed by atoms with Gasteiger partial charge in [0.1, 0.15) is 6.54 Å². The molecule has 96 valence electrons. The molecule has 0 rings (SSSR count). The van der Waals surface area contributed by atoms with Crippen molar-refractivity contribution in [3.8, 4) is 0 Å². The molecule has 0 aromatic rings. The first-order chi connectivity index (χ1) is 7.18. The normalized spacial score (nSPS) is 16.1. The molecule has 0 bridgehead atoms. The minimum Gasteiger partial charge on any atom is -0.480 e. The number of hydrogen-bond acceptors (Lipinski definition) is 3. The van der Waals surface area contributed by atoms with Gasteiger partial charge in [0.2, 0.25) is 10.0 Å². The maximum atomic E-state index is 11.4. The third kappa shape index (κ3) is 5.46. The third-order valence-electron chi connectivity index (χ3n) is 2.89. The molecule has 0 fully saturated rings. The zero-order valence-corrected chi connectivity index (χ0v) is 11.1. The highest BCUT2D eigenvalue weighted by Gasteiger charge is 2.23. The molecular formula is C10H21NO4S. The van der Waals surface area contributed by atoms with Gasteiger partial charge in [-0.15, -0.1) is 0 Å². The Morgan fingerprint density at radius 1 is 1.31 bits per heavy atom. The topological polar surface area (TPSA) is 74.7 Å². The predicted molar refractivity (Wildman–Crippen MR) is 62.7 cm³/mol. The summed E-state index contributed by atoms with van der Waals surface area (Å²) in [6.07, 6.45) is 1.99. The molecule has 0 saturated heterocycles. The standard InChI is InChI=1S/C10H21NO4S/c1-5-8(2)9(3)6-11(7-10(12)13)16(4,14)15/h8-9H,5-7H2,1-4H3,(H,12,13)/t8?,9-/m1/s1. The van der Waals surface area contributed by atoms with E-state index in [1.165, 1.54) is 0 Å². The van der Waals surface area contributed by atoms with E-state index >= 15 is 0 Å². The Kier molecular flexibility index (Phi) is 5.96. The molecule has 0 saturated carbocycles. The summed E-state index contributed by atoms with van der Waals surface area (Å²) >= 11 is 0. The number of sulfonamides is 1. The molecule has 0 radical (unpaired) electrons. The van der Waals surface area contributed by atoms with E-state index in [-0.39, 0.29) is 12.5 Å². The van der Waals surface area contributed by atoms with E-state index in [2.05, 4.69) is 0 Å². The number of hydrogen-bond donors (Lipinski definition) is 1. The average Bonchev–Trinajstić information content (AvgIpc) is 2.13. The summed E-state index contributed by atoms with van der Waals surface area (Å²) in [5, 5.41) is 8.65. The first-order valence-electron chi connectivity index (χ1n) is 5.35. The van der Waals surface area contributed by atoms with Crippen molar-refractivity contribution in [3.05, 3.63) is 0 Å². The summed E-state index contributed by atoms with van der Waals surface area (Å²) in [7, 11) is -3.44. The second-order valence-corrected chi connectivity index (χ2v) is 6.29. The van der Waals surface area contributed by atoms with Crippen molar-refractivity contribution in [2.75, 3.05) is 19.3 Å². The lowest BCUT2D eigenvalue weighted by atomic mass is 9.94. The van der Waals surface area contributed by atoms with Gasteiger partial charge in [0, 0.05) is 6.54 Å². The fourth-order valence-corrected chi connectivity index (χ4v) is 2.22. The smallest absolute Gasteiger partial charge is 0.318 e. The van der Waals surface area contributed by atoms with Crippen LogP contribution in [0, 0.1) is 11.8 Å². The molecule has 1 unspecified atom stereocenters. The molecule has 0 aromatic heterocycles. The summed E-state index contributed by atoms with van der Waals surface area (Å²) in [6.45, 7) is 5.81. The second-order valence-electron chi connectivity index (χ2n) is 4.31. The van der Waals surface area contributed by atoms with Gasteiger partial charge in [0.15, 0.2) is 0 Å². The Labute approximate surface area is 97.5 Å². The van der Waals surface area contributed by atoms with Gasteiger partial charge in [-0.1, -0.05) is 27.2 Å². The van der Waals surface area contributed by atoms with Crippen LogP contribution < -0.4 is 0 Å². The number of carboxylic acids is 1. The fourth-order valence-electron chi connectivity index (χ4n) is 1.37. The maximum Gasteiger partial charge on any atom is 0.318 e. The monoisotopic (exact) mass is 251 g/mol. The Morgan fingerprint density at radius 3 is 2.12 bits per heavy atom. The predicted octanol–water partition coefficient (Wildman–Crippen LogP) is 1.01. The molecule has 16 heavy (non-hydrogen) atoms. The van der Waals surface area contributed by atoms with Gasteiger partial charge in [0.25, 0.3) is 0 Å². The zero-order chi connectivity index (χ0) is 12.9. The summed E-state index contributed by atoms with van der Waals surface area (Å²) in [5.74, 6) is -0.598. The van der Waals surface area contributed by atoms with Crippen LogP contribution in [0.4, 0.5) is 0 Å². The molecule has 0 aromatic carbocycles. The molecule has 0 heterocycles. The van der Waals surface area contributed by atoms with Crippen LogP contribution in [0.15, 0.2) is 0 Å². The first-order valence-corrected chi connectivity index (χ1v) is 7.20. The van der Waals surface area contributed by atoms with Gasteiger partial charge in [0.05, 0.1) is 6.26 Å². The van der Waals surface area contributed by atoms with Crippen LogP contribution in [-0.4, -0.2) is 43.1 Å². The van der Waals surface area contributed by atoms with Crippen LogP contribution in [-0.2, 0) is 14.8 Å². The van der Waals surface area contributed by atoms with Crippen LogP contribution in [0.1, 0.15) is 27.2 Å². The highest BCUT2D eigenvalue weighted by molar-refractivity contribution is 7.88. The SMILES string of the molecule is CCC(C)[C@H](C)CN(CC(=O)O)S(C)(=O)=O. The van der Waals surface area contributed by atoms with Crippen LogP contribution in [0.3, 0.4) is 0 Å².